The van der Waals surface area contributed by atoms with Crippen LogP contribution in [-0.4, -0.2) is 45.4 Å². The van der Waals surface area contributed by atoms with Crippen LogP contribution in [0.4, 0.5) is 30.4 Å². The van der Waals surface area contributed by atoms with Crippen molar-refractivity contribution in [2.45, 2.75) is 57.1 Å². The number of hydrogen-bond donors (Lipinski definition) is 5. The van der Waals surface area contributed by atoms with E-state index < -0.39 is 11.9 Å². The molecule has 1 aliphatic rings. The highest BCUT2D eigenvalue weighted by molar-refractivity contribution is 8.00. The van der Waals surface area contributed by atoms with Crippen LogP contribution >= 0.6 is 11.9 Å². The maximum Gasteiger partial charge on any atom is 0.302 e. The fraction of sp³-hybridized carbons (Fsp3) is 0.344. The smallest absolute Gasteiger partial charge is 0.302 e. The SMILES string of the molecule is CNc1c(-c2cnn(C3CCC(C)(C)NC3)c2)cnc(N)c1C(=N)c1ccc(NSC(F)F)c(OC(C)c2ccc(F)cc2)c1. The van der Waals surface area contributed by atoms with Crippen molar-refractivity contribution in [2.24, 2.45) is 0 Å². The minimum absolute atomic E-state index is 0.0599. The van der Waals surface area contributed by atoms with Gasteiger partial charge in [0.1, 0.15) is 23.5 Å². The normalized spacial score (nSPS) is 16.8. The van der Waals surface area contributed by atoms with E-state index >= 15 is 0 Å². The van der Waals surface area contributed by atoms with Crippen LogP contribution in [0.5, 0.6) is 5.75 Å². The highest BCUT2D eigenvalue weighted by atomic mass is 32.2. The number of benzene rings is 2. The predicted molar refractivity (Wildman–Crippen MR) is 175 cm³/mol. The zero-order valence-electron chi connectivity index (χ0n) is 25.5. The van der Waals surface area contributed by atoms with Crippen LogP contribution in [0.2, 0.25) is 0 Å². The van der Waals surface area contributed by atoms with Crippen molar-refractivity contribution in [3.8, 4) is 16.9 Å². The number of rotatable bonds is 11. The zero-order valence-corrected chi connectivity index (χ0v) is 26.3. The summed E-state index contributed by atoms with van der Waals surface area (Å²) in [6.07, 6.45) is 6.91. The number of nitrogens with one attached hydrogen (secondary N) is 4. The minimum atomic E-state index is -2.66. The van der Waals surface area contributed by atoms with Gasteiger partial charge in [0, 0.05) is 60.2 Å². The molecule has 1 saturated heterocycles. The maximum absolute atomic E-state index is 13.5. The van der Waals surface area contributed by atoms with E-state index in [1.807, 2.05) is 10.9 Å². The molecule has 0 bridgehead atoms. The van der Waals surface area contributed by atoms with Crippen LogP contribution < -0.4 is 25.8 Å². The molecule has 4 aromatic rings. The number of hydrogen-bond acceptors (Lipinski definition) is 9. The van der Waals surface area contributed by atoms with E-state index in [1.165, 1.54) is 12.1 Å². The summed E-state index contributed by atoms with van der Waals surface area (Å²) < 4.78 is 50.3. The molecule has 238 valence electrons. The van der Waals surface area contributed by atoms with Gasteiger partial charge in [0.25, 0.3) is 0 Å². The van der Waals surface area contributed by atoms with Crippen LogP contribution in [0.15, 0.2) is 61.1 Å². The molecule has 13 heteroatoms. The number of alkyl halides is 2. The summed E-state index contributed by atoms with van der Waals surface area (Å²) in [6, 6.07) is 10.9. The molecular formula is C32H37F3N8OS. The van der Waals surface area contributed by atoms with Gasteiger partial charge in [0.2, 0.25) is 0 Å². The van der Waals surface area contributed by atoms with Gasteiger partial charge in [0.05, 0.1) is 34.9 Å². The molecule has 6 N–H and O–H groups in total. The molecule has 0 amide bonds. The van der Waals surface area contributed by atoms with E-state index in [2.05, 4.69) is 39.3 Å². The number of aromatic nitrogens is 3. The lowest BCUT2D eigenvalue weighted by Gasteiger charge is -2.35. The summed E-state index contributed by atoms with van der Waals surface area (Å²) in [5.41, 5.74) is 10.5. The third kappa shape index (κ3) is 7.36. The van der Waals surface area contributed by atoms with E-state index in [-0.39, 0.29) is 46.6 Å². The van der Waals surface area contributed by atoms with Gasteiger partial charge in [-0.25, -0.2) is 9.37 Å². The number of anilines is 3. The fourth-order valence-electron chi connectivity index (χ4n) is 5.38. The van der Waals surface area contributed by atoms with Crippen molar-refractivity contribution in [2.75, 3.05) is 29.4 Å². The highest BCUT2D eigenvalue weighted by Gasteiger charge is 2.28. The third-order valence-corrected chi connectivity index (χ3v) is 8.50. The van der Waals surface area contributed by atoms with E-state index in [1.54, 1.807) is 56.7 Å². The lowest BCUT2D eigenvalue weighted by Crippen LogP contribution is -2.47. The molecule has 1 aliphatic heterocycles. The molecule has 0 radical (unpaired) electrons. The summed E-state index contributed by atoms with van der Waals surface area (Å²) in [6.45, 7) is 6.97. The van der Waals surface area contributed by atoms with Crippen molar-refractivity contribution in [3.05, 3.63) is 83.6 Å². The summed E-state index contributed by atoms with van der Waals surface area (Å²) >= 11 is 0.236. The largest absolute Gasteiger partial charge is 0.484 e. The van der Waals surface area contributed by atoms with Crippen molar-refractivity contribution in [1.29, 1.82) is 5.41 Å². The van der Waals surface area contributed by atoms with Gasteiger partial charge >= 0.3 is 5.76 Å². The zero-order chi connectivity index (χ0) is 32.3. The summed E-state index contributed by atoms with van der Waals surface area (Å²) in [5, 5.41) is 20.6. The number of nitrogen functional groups attached to an aromatic ring is 1. The molecule has 2 aromatic carbocycles. The first-order valence-corrected chi connectivity index (χ1v) is 15.4. The number of pyridine rings is 1. The third-order valence-electron chi connectivity index (χ3n) is 7.99. The van der Waals surface area contributed by atoms with Crippen LogP contribution in [0, 0.1) is 11.2 Å². The first-order valence-electron chi connectivity index (χ1n) is 14.6. The second-order valence-corrected chi connectivity index (χ2v) is 12.4. The van der Waals surface area contributed by atoms with Gasteiger partial charge in [-0.05, 0) is 63.4 Å². The molecule has 2 unspecified atom stereocenters. The molecule has 0 saturated carbocycles. The van der Waals surface area contributed by atoms with Crippen LogP contribution in [0.3, 0.4) is 0 Å². The van der Waals surface area contributed by atoms with Crippen LogP contribution in [-0.2, 0) is 0 Å². The summed E-state index contributed by atoms with van der Waals surface area (Å²) in [5.74, 6) is -2.66. The second-order valence-electron chi connectivity index (χ2n) is 11.6. The Balaban J connectivity index is 1.47. The number of halogens is 3. The number of piperidine rings is 1. The number of nitrogens with two attached hydrogens (primary N) is 1. The lowest BCUT2D eigenvalue weighted by molar-refractivity contribution is 0.228. The van der Waals surface area contributed by atoms with Crippen molar-refractivity contribution in [1.82, 2.24) is 20.1 Å². The first kappa shape index (κ1) is 32.2. The molecule has 2 aromatic heterocycles. The van der Waals surface area contributed by atoms with Gasteiger partial charge in [-0.2, -0.15) is 13.9 Å². The Morgan fingerprint density at radius 3 is 2.62 bits per heavy atom. The van der Waals surface area contributed by atoms with Gasteiger partial charge in [-0.3, -0.25) is 10.1 Å². The van der Waals surface area contributed by atoms with Crippen LogP contribution in [0.1, 0.15) is 62.4 Å². The predicted octanol–water partition coefficient (Wildman–Crippen LogP) is 7.25. The molecule has 1 fully saturated rings. The van der Waals surface area contributed by atoms with E-state index in [0.29, 0.717) is 28.1 Å². The van der Waals surface area contributed by atoms with Crippen LogP contribution in [0.25, 0.3) is 11.1 Å². The fourth-order valence-corrected chi connectivity index (χ4v) is 5.76. The minimum Gasteiger partial charge on any atom is -0.484 e. The molecule has 45 heavy (non-hydrogen) atoms. The number of nitrogens with zero attached hydrogens (tertiary/aromatic N) is 3. The average Bonchev–Trinajstić information content (AvgIpc) is 3.50. The van der Waals surface area contributed by atoms with Gasteiger partial charge < -0.3 is 25.8 Å². The highest BCUT2D eigenvalue weighted by Crippen LogP contribution is 2.38. The molecule has 2 atom stereocenters. The first-order chi connectivity index (χ1) is 21.5. The lowest BCUT2D eigenvalue weighted by atomic mass is 9.91. The Kier molecular flexibility index (Phi) is 9.59. The topological polar surface area (TPSA) is 126 Å². The van der Waals surface area contributed by atoms with Crippen molar-refractivity contribution in [3.63, 3.8) is 0 Å². The van der Waals surface area contributed by atoms with Gasteiger partial charge in [0.15, 0.2) is 0 Å². The van der Waals surface area contributed by atoms with Crippen molar-refractivity contribution >= 4 is 34.9 Å². The Morgan fingerprint density at radius 1 is 1.20 bits per heavy atom. The second kappa shape index (κ2) is 13.4. The molecule has 0 aliphatic carbocycles. The van der Waals surface area contributed by atoms with E-state index in [0.717, 1.165) is 30.5 Å². The standard InChI is InChI=1S/C32H37F3N8OS/c1-18(19-5-8-22(33)9-6-19)44-26-13-20(7-10-25(26)42-45-31(34)35)28(36)27-29(38-4)24(16-39-30(27)37)21-14-41-43(17-21)23-11-12-32(2,3)40-15-23/h5-10,13-14,16-18,23,31,36,40,42H,11-12,15H2,1-4H3,(H3,37,38,39). The molecule has 9 nitrogen and oxygen atoms in total. The molecule has 0 spiro atoms. The Labute approximate surface area is 264 Å². The molecular weight excluding hydrogens is 601 g/mol. The van der Waals surface area contributed by atoms with Gasteiger partial charge in [-0.1, -0.05) is 18.2 Å². The number of ether oxygens (including phenoxy) is 1. The van der Waals surface area contributed by atoms with Crippen molar-refractivity contribution < 1.29 is 17.9 Å². The van der Waals surface area contributed by atoms with E-state index in [9.17, 15) is 18.6 Å². The van der Waals surface area contributed by atoms with E-state index in [4.69, 9.17) is 10.5 Å². The Morgan fingerprint density at radius 2 is 1.96 bits per heavy atom. The maximum atomic E-state index is 13.5. The quantitative estimate of drug-likeness (QED) is 0.0859. The van der Waals surface area contributed by atoms with Gasteiger partial charge in [-0.15, -0.1) is 0 Å². The Hall–Kier alpha value is -4.23. The average molecular weight is 639 g/mol. The Bertz CT molecular complexity index is 1650. The molecule has 5 rings (SSSR count). The summed E-state index contributed by atoms with van der Waals surface area (Å²) in [4.78, 5) is 4.42. The summed E-state index contributed by atoms with van der Waals surface area (Å²) in [7, 11) is 1.75. The molecule has 3 heterocycles. The monoisotopic (exact) mass is 638 g/mol.